The van der Waals surface area contributed by atoms with Gasteiger partial charge >= 0.3 is 0 Å². The van der Waals surface area contributed by atoms with Gasteiger partial charge in [0, 0.05) is 23.7 Å². The van der Waals surface area contributed by atoms with Crippen molar-refractivity contribution in [1.29, 1.82) is 0 Å². The molecular formula is C23H20ClN3O. The van der Waals surface area contributed by atoms with E-state index in [4.69, 9.17) is 16.6 Å². The van der Waals surface area contributed by atoms with Gasteiger partial charge in [0.25, 0.3) is 5.91 Å². The maximum Gasteiger partial charge on any atom is 0.287 e. The van der Waals surface area contributed by atoms with Crippen molar-refractivity contribution in [3.8, 4) is 11.1 Å². The van der Waals surface area contributed by atoms with E-state index in [1.165, 1.54) is 0 Å². The summed E-state index contributed by atoms with van der Waals surface area (Å²) in [6.45, 7) is 3.03. The summed E-state index contributed by atoms with van der Waals surface area (Å²) in [5.41, 5.74) is 4.76. The van der Waals surface area contributed by atoms with Crippen LogP contribution in [0.5, 0.6) is 0 Å². The van der Waals surface area contributed by atoms with Crippen LogP contribution >= 0.6 is 11.6 Å². The number of carbonyl (C=O) groups is 1. The topological polar surface area (TPSA) is 46.9 Å². The lowest BCUT2D eigenvalue weighted by atomic mass is 10.0. The molecule has 0 saturated heterocycles. The molecule has 28 heavy (non-hydrogen) atoms. The second-order valence-corrected chi connectivity index (χ2v) is 6.90. The number of imidazole rings is 1. The first-order valence-electron chi connectivity index (χ1n) is 9.25. The molecule has 1 N–H and O–H groups in total. The summed E-state index contributed by atoms with van der Waals surface area (Å²) in [4.78, 5) is 17.6. The van der Waals surface area contributed by atoms with Gasteiger partial charge in [-0.25, -0.2) is 4.98 Å². The standard InChI is InChI=1S/C23H20ClN3O/c1-2-27-20-14-8-12-18(16-9-4-3-5-10-16)21(20)26-22(27)23(28)25-15-17-11-6-7-13-19(17)24/h3-14H,2,15H2,1H3,(H,25,28). The van der Waals surface area contributed by atoms with Crippen LogP contribution in [-0.2, 0) is 13.1 Å². The zero-order valence-electron chi connectivity index (χ0n) is 15.5. The molecular weight excluding hydrogens is 370 g/mol. The predicted octanol–water partition coefficient (Wildman–Crippen LogP) is 5.31. The van der Waals surface area contributed by atoms with Crippen molar-refractivity contribution in [2.45, 2.75) is 20.0 Å². The molecule has 0 saturated carbocycles. The number of benzene rings is 3. The van der Waals surface area contributed by atoms with E-state index in [0.29, 0.717) is 23.9 Å². The van der Waals surface area contributed by atoms with Crippen molar-refractivity contribution in [1.82, 2.24) is 14.9 Å². The van der Waals surface area contributed by atoms with E-state index < -0.39 is 0 Å². The van der Waals surface area contributed by atoms with Crippen LogP contribution in [-0.4, -0.2) is 15.5 Å². The molecule has 0 aliphatic rings. The van der Waals surface area contributed by atoms with Crippen LogP contribution in [0.1, 0.15) is 23.1 Å². The fraction of sp³-hybridized carbons (Fsp3) is 0.130. The molecule has 4 rings (SSSR count). The number of para-hydroxylation sites is 1. The van der Waals surface area contributed by atoms with Gasteiger partial charge in [0.15, 0.2) is 5.82 Å². The first-order chi connectivity index (χ1) is 13.7. The van der Waals surface area contributed by atoms with Gasteiger partial charge in [0.05, 0.1) is 11.0 Å². The van der Waals surface area contributed by atoms with Crippen LogP contribution in [0.3, 0.4) is 0 Å². The van der Waals surface area contributed by atoms with Crippen molar-refractivity contribution >= 4 is 28.5 Å². The molecule has 0 bridgehead atoms. The third-order valence-electron chi connectivity index (χ3n) is 4.78. The summed E-state index contributed by atoms with van der Waals surface area (Å²) in [6, 6.07) is 23.6. The van der Waals surface area contributed by atoms with Crippen LogP contribution in [0, 0.1) is 0 Å². The molecule has 4 nitrogen and oxygen atoms in total. The van der Waals surface area contributed by atoms with Crippen LogP contribution in [0.25, 0.3) is 22.2 Å². The van der Waals surface area contributed by atoms with E-state index in [1.807, 2.05) is 72.2 Å². The van der Waals surface area contributed by atoms with E-state index in [0.717, 1.165) is 27.7 Å². The number of carbonyl (C=O) groups excluding carboxylic acids is 1. The summed E-state index contributed by atoms with van der Waals surface area (Å²) < 4.78 is 1.95. The van der Waals surface area contributed by atoms with E-state index >= 15 is 0 Å². The lowest BCUT2D eigenvalue weighted by Gasteiger charge is -2.08. The summed E-state index contributed by atoms with van der Waals surface area (Å²) in [6.07, 6.45) is 0. The SMILES string of the molecule is CCn1c(C(=O)NCc2ccccc2Cl)nc2c(-c3ccccc3)cccc21. The monoisotopic (exact) mass is 389 g/mol. The predicted molar refractivity (Wildman–Crippen MR) is 113 cm³/mol. The summed E-state index contributed by atoms with van der Waals surface area (Å²) in [5, 5.41) is 3.58. The maximum absolute atomic E-state index is 12.9. The van der Waals surface area contributed by atoms with Crippen molar-refractivity contribution in [2.75, 3.05) is 0 Å². The number of fused-ring (bicyclic) bond motifs is 1. The molecule has 5 heteroatoms. The van der Waals surface area contributed by atoms with Gasteiger partial charge in [0.2, 0.25) is 0 Å². The van der Waals surface area contributed by atoms with Crippen molar-refractivity contribution in [3.05, 3.63) is 89.2 Å². The fourth-order valence-electron chi connectivity index (χ4n) is 3.39. The Balaban J connectivity index is 1.71. The van der Waals surface area contributed by atoms with Crippen molar-refractivity contribution < 1.29 is 4.79 Å². The van der Waals surface area contributed by atoms with Gasteiger partial charge < -0.3 is 9.88 Å². The molecule has 3 aromatic carbocycles. The molecule has 1 aromatic heterocycles. The molecule has 1 heterocycles. The summed E-state index contributed by atoms with van der Waals surface area (Å²) in [5.74, 6) is 0.199. The minimum Gasteiger partial charge on any atom is -0.345 e. The molecule has 0 radical (unpaired) electrons. The van der Waals surface area contributed by atoms with E-state index in [1.54, 1.807) is 0 Å². The Kier molecular flexibility index (Phi) is 5.13. The van der Waals surface area contributed by atoms with Gasteiger partial charge in [-0.05, 0) is 30.2 Å². The quantitative estimate of drug-likeness (QED) is 0.503. The zero-order chi connectivity index (χ0) is 19.5. The highest BCUT2D eigenvalue weighted by atomic mass is 35.5. The average Bonchev–Trinajstić information content (AvgIpc) is 3.12. The van der Waals surface area contributed by atoms with Gasteiger partial charge in [-0.15, -0.1) is 0 Å². The number of hydrogen-bond acceptors (Lipinski definition) is 2. The van der Waals surface area contributed by atoms with Gasteiger partial charge in [-0.3, -0.25) is 4.79 Å². The Morgan fingerprint density at radius 1 is 1.00 bits per heavy atom. The molecule has 0 aliphatic heterocycles. The smallest absolute Gasteiger partial charge is 0.287 e. The molecule has 1 amide bonds. The van der Waals surface area contributed by atoms with Gasteiger partial charge in [-0.2, -0.15) is 0 Å². The third kappa shape index (κ3) is 3.39. The van der Waals surface area contributed by atoms with Crippen LogP contribution < -0.4 is 5.32 Å². The molecule has 0 unspecified atom stereocenters. The first kappa shape index (κ1) is 18.3. The molecule has 0 atom stereocenters. The number of amides is 1. The van der Waals surface area contributed by atoms with Crippen LogP contribution in [0.2, 0.25) is 5.02 Å². The van der Waals surface area contributed by atoms with Crippen LogP contribution in [0.4, 0.5) is 0 Å². The molecule has 0 fully saturated rings. The number of aryl methyl sites for hydroxylation is 1. The number of halogens is 1. The highest BCUT2D eigenvalue weighted by Crippen LogP contribution is 2.29. The minimum absolute atomic E-state index is 0.211. The van der Waals surface area contributed by atoms with Crippen molar-refractivity contribution in [3.63, 3.8) is 0 Å². The molecule has 4 aromatic rings. The lowest BCUT2D eigenvalue weighted by Crippen LogP contribution is -2.26. The van der Waals surface area contributed by atoms with Crippen LogP contribution in [0.15, 0.2) is 72.8 Å². The number of rotatable bonds is 5. The maximum atomic E-state index is 12.9. The Hall–Kier alpha value is -3.11. The second kappa shape index (κ2) is 7.87. The van der Waals surface area contributed by atoms with E-state index in [2.05, 4.69) is 17.4 Å². The number of nitrogens with one attached hydrogen (secondary N) is 1. The second-order valence-electron chi connectivity index (χ2n) is 6.49. The highest BCUT2D eigenvalue weighted by molar-refractivity contribution is 6.31. The highest BCUT2D eigenvalue weighted by Gasteiger charge is 2.19. The third-order valence-corrected chi connectivity index (χ3v) is 5.15. The number of aromatic nitrogens is 2. The number of nitrogens with zero attached hydrogens (tertiary/aromatic N) is 2. The Morgan fingerprint density at radius 2 is 1.75 bits per heavy atom. The Bertz CT molecular complexity index is 1140. The Labute approximate surface area is 168 Å². The minimum atomic E-state index is -0.211. The normalized spacial score (nSPS) is 10.9. The summed E-state index contributed by atoms with van der Waals surface area (Å²) in [7, 11) is 0. The molecule has 140 valence electrons. The van der Waals surface area contributed by atoms with E-state index in [-0.39, 0.29) is 5.91 Å². The first-order valence-corrected chi connectivity index (χ1v) is 9.63. The van der Waals surface area contributed by atoms with Crippen molar-refractivity contribution in [2.24, 2.45) is 0 Å². The van der Waals surface area contributed by atoms with Gasteiger partial charge in [-0.1, -0.05) is 72.3 Å². The number of hydrogen-bond donors (Lipinski definition) is 1. The fourth-order valence-corrected chi connectivity index (χ4v) is 3.59. The van der Waals surface area contributed by atoms with Gasteiger partial charge in [0.1, 0.15) is 0 Å². The Morgan fingerprint density at radius 3 is 2.50 bits per heavy atom. The molecule has 0 spiro atoms. The average molecular weight is 390 g/mol. The largest absolute Gasteiger partial charge is 0.345 e. The lowest BCUT2D eigenvalue weighted by molar-refractivity contribution is 0.0937. The molecule has 0 aliphatic carbocycles. The zero-order valence-corrected chi connectivity index (χ0v) is 16.3. The summed E-state index contributed by atoms with van der Waals surface area (Å²) >= 11 is 6.19. The van der Waals surface area contributed by atoms with E-state index in [9.17, 15) is 4.79 Å².